The van der Waals surface area contributed by atoms with Crippen LogP contribution >= 0.6 is 11.3 Å². The van der Waals surface area contributed by atoms with E-state index in [1.165, 1.54) is 0 Å². The highest BCUT2D eigenvalue weighted by Crippen LogP contribution is 2.23. The zero-order valence-electron chi connectivity index (χ0n) is 11.8. The number of anilines is 1. The Kier molecular flexibility index (Phi) is 4.46. The van der Waals surface area contributed by atoms with Crippen LogP contribution in [0.2, 0.25) is 0 Å². The average molecular weight is 309 g/mol. The van der Waals surface area contributed by atoms with Crippen LogP contribution in [-0.4, -0.2) is 10.9 Å². The SMILES string of the molecule is O=C(Cc1csc(-c2ccccc2)n1)NNc1ccccc1. The third-order valence-electron chi connectivity index (χ3n) is 3.03. The fourth-order valence-corrected chi connectivity index (χ4v) is 2.80. The predicted molar refractivity (Wildman–Crippen MR) is 89.5 cm³/mol. The summed E-state index contributed by atoms with van der Waals surface area (Å²) < 4.78 is 0. The van der Waals surface area contributed by atoms with E-state index < -0.39 is 0 Å². The summed E-state index contributed by atoms with van der Waals surface area (Å²) in [6, 6.07) is 19.5. The van der Waals surface area contributed by atoms with Gasteiger partial charge in [0.25, 0.3) is 0 Å². The Bertz CT molecular complexity index is 741. The number of hydrazine groups is 1. The van der Waals surface area contributed by atoms with Crippen LogP contribution in [0.3, 0.4) is 0 Å². The van der Waals surface area contributed by atoms with Crippen LogP contribution in [0.5, 0.6) is 0 Å². The summed E-state index contributed by atoms with van der Waals surface area (Å²) in [5.74, 6) is -0.117. The molecule has 0 saturated heterocycles. The number of para-hydroxylation sites is 1. The monoisotopic (exact) mass is 309 g/mol. The minimum absolute atomic E-state index is 0.117. The van der Waals surface area contributed by atoms with E-state index in [9.17, 15) is 4.79 Å². The first-order valence-electron chi connectivity index (χ1n) is 6.91. The van der Waals surface area contributed by atoms with Gasteiger partial charge in [-0.3, -0.25) is 15.6 Å². The summed E-state index contributed by atoms with van der Waals surface area (Å²) >= 11 is 1.55. The molecular weight excluding hydrogens is 294 g/mol. The number of amides is 1. The highest BCUT2D eigenvalue weighted by Gasteiger charge is 2.08. The quantitative estimate of drug-likeness (QED) is 0.709. The van der Waals surface area contributed by atoms with E-state index in [1.54, 1.807) is 11.3 Å². The molecule has 0 atom stereocenters. The molecule has 22 heavy (non-hydrogen) atoms. The number of thiazole rings is 1. The fraction of sp³-hybridized carbons (Fsp3) is 0.0588. The molecule has 5 heteroatoms. The van der Waals surface area contributed by atoms with Crippen LogP contribution in [0, 0.1) is 0 Å². The number of aromatic nitrogens is 1. The van der Waals surface area contributed by atoms with Crippen molar-refractivity contribution in [1.82, 2.24) is 10.4 Å². The van der Waals surface area contributed by atoms with Crippen LogP contribution in [0.1, 0.15) is 5.69 Å². The summed E-state index contributed by atoms with van der Waals surface area (Å²) in [5.41, 5.74) is 8.24. The summed E-state index contributed by atoms with van der Waals surface area (Å²) in [7, 11) is 0. The summed E-state index contributed by atoms with van der Waals surface area (Å²) in [4.78, 5) is 16.4. The van der Waals surface area contributed by atoms with Gasteiger partial charge in [-0.05, 0) is 12.1 Å². The number of hydrogen-bond donors (Lipinski definition) is 2. The first-order chi connectivity index (χ1) is 10.8. The van der Waals surface area contributed by atoms with Crippen LogP contribution < -0.4 is 10.9 Å². The molecule has 0 bridgehead atoms. The van der Waals surface area contributed by atoms with Gasteiger partial charge in [0.2, 0.25) is 5.91 Å². The van der Waals surface area contributed by atoms with Gasteiger partial charge in [0.05, 0.1) is 17.8 Å². The molecule has 0 aliphatic carbocycles. The van der Waals surface area contributed by atoms with Crippen LogP contribution in [-0.2, 0) is 11.2 Å². The fourth-order valence-electron chi connectivity index (χ4n) is 1.97. The topological polar surface area (TPSA) is 54.0 Å². The van der Waals surface area contributed by atoms with Crippen molar-refractivity contribution < 1.29 is 4.79 Å². The number of benzene rings is 2. The third-order valence-corrected chi connectivity index (χ3v) is 3.97. The van der Waals surface area contributed by atoms with Crippen molar-refractivity contribution in [2.24, 2.45) is 0 Å². The molecule has 4 nitrogen and oxygen atoms in total. The highest BCUT2D eigenvalue weighted by molar-refractivity contribution is 7.13. The van der Waals surface area contributed by atoms with E-state index in [4.69, 9.17) is 0 Å². The highest BCUT2D eigenvalue weighted by atomic mass is 32.1. The van der Waals surface area contributed by atoms with E-state index in [0.717, 1.165) is 22.0 Å². The number of hydrogen-bond acceptors (Lipinski definition) is 4. The standard InChI is InChI=1S/C17H15N3OS/c21-16(20-19-14-9-5-2-6-10-14)11-15-12-22-17(18-15)13-7-3-1-4-8-13/h1-10,12,19H,11H2,(H,20,21). The van der Waals surface area contributed by atoms with Gasteiger partial charge in [-0.1, -0.05) is 48.5 Å². The van der Waals surface area contributed by atoms with Crippen LogP contribution in [0.15, 0.2) is 66.0 Å². The molecule has 3 rings (SSSR count). The molecule has 0 saturated carbocycles. The second kappa shape index (κ2) is 6.87. The summed E-state index contributed by atoms with van der Waals surface area (Å²) in [6.07, 6.45) is 0.253. The van der Waals surface area contributed by atoms with E-state index >= 15 is 0 Å². The van der Waals surface area contributed by atoms with Gasteiger partial charge >= 0.3 is 0 Å². The number of nitrogens with one attached hydrogen (secondary N) is 2. The number of carbonyl (C=O) groups excluding carboxylic acids is 1. The average Bonchev–Trinajstić information content (AvgIpc) is 3.03. The Labute approximate surface area is 132 Å². The molecule has 0 unspecified atom stereocenters. The Hall–Kier alpha value is -2.66. The summed E-state index contributed by atoms with van der Waals surface area (Å²) in [6.45, 7) is 0. The lowest BCUT2D eigenvalue weighted by atomic mass is 10.2. The Morgan fingerprint density at radius 2 is 1.68 bits per heavy atom. The lowest BCUT2D eigenvalue weighted by molar-refractivity contribution is -0.120. The molecule has 1 aromatic heterocycles. The Morgan fingerprint density at radius 1 is 1.00 bits per heavy atom. The molecule has 1 heterocycles. The van der Waals surface area contributed by atoms with Crippen molar-refractivity contribution >= 4 is 22.9 Å². The number of carbonyl (C=O) groups is 1. The third kappa shape index (κ3) is 3.71. The van der Waals surface area contributed by atoms with Gasteiger partial charge < -0.3 is 0 Å². The molecule has 3 aromatic rings. The number of nitrogens with zero attached hydrogens (tertiary/aromatic N) is 1. The number of rotatable bonds is 5. The van der Waals surface area contributed by atoms with Gasteiger partial charge in [-0.2, -0.15) is 0 Å². The van der Waals surface area contributed by atoms with Crippen molar-refractivity contribution in [3.8, 4) is 10.6 Å². The lowest BCUT2D eigenvalue weighted by Gasteiger charge is -2.07. The Balaban J connectivity index is 1.57. The van der Waals surface area contributed by atoms with Gasteiger partial charge in [0, 0.05) is 10.9 Å². The normalized spacial score (nSPS) is 10.2. The first kappa shape index (κ1) is 14.3. The lowest BCUT2D eigenvalue weighted by Crippen LogP contribution is -2.30. The van der Waals surface area contributed by atoms with E-state index in [0.29, 0.717) is 0 Å². The molecule has 0 aliphatic rings. The van der Waals surface area contributed by atoms with Crippen LogP contribution in [0.25, 0.3) is 10.6 Å². The maximum absolute atomic E-state index is 11.9. The van der Waals surface area contributed by atoms with E-state index in [2.05, 4.69) is 15.8 Å². The van der Waals surface area contributed by atoms with Crippen molar-refractivity contribution in [3.05, 3.63) is 71.7 Å². The molecule has 110 valence electrons. The van der Waals surface area contributed by atoms with Crippen molar-refractivity contribution in [2.45, 2.75) is 6.42 Å². The van der Waals surface area contributed by atoms with Crippen molar-refractivity contribution in [1.29, 1.82) is 0 Å². The minimum atomic E-state index is -0.117. The molecule has 0 fully saturated rings. The molecule has 0 radical (unpaired) electrons. The van der Waals surface area contributed by atoms with Gasteiger partial charge in [0.15, 0.2) is 0 Å². The molecule has 0 aliphatic heterocycles. The van der Waals surface area contributed by atoms with Crippen molar-refractivity contribution in [2.75, 3.05) is 5.43 Å². The minimum Gasteiger partial charge on any atom is -0.299 e. The maximum Gasteiger partial charge on any atom is 0.244 e. The first-order valence-corrected chi connectivity index (χ1v) is 7.79. The largest absolute Gasteiger partial charge is 0.299 e. The van der Waals surface area contributed by atoms with E-state index in [-0.39, 0.29) is 12.3 Å². The molecule has 1 amide bonds. The Morgan fingerprint density at radius 3 is 2.41 bits per heavy atom. The molecule has 0 spiro atoms. The van der Waals surface area contributed by atoms with Gasteiger partial charge in [-0.15, -0.1) is 11.3 Å². The molecular formula is C17H15N3OS. The van der Waals surface area contributed by atoms with Crippen LogP contribution in [0.4, 0.5) is 5.69 Å². The van der Waals surface area contributed by atoms with Gasteiger partial charge in [0.1, 0.15) is 5.01 Å². The zero-order valence-corrected chi connectivity index (χ0v) is 12.6. The molecule has 2 N–H and O–H groups in total. The second-order valence-corrected chi connectivity index (χ2v) is 5.58. The second-order valence-electron chi connectivity index (χ2n) is 4.73. The van der Waals surface area contributed by atoms with Gasteiger partial charge in [-0.25, -0.2) is 4.98 Å². The van der Waals surface area contributed by atoms with Crippen molar-refractivity contribution in [3.63, 3.8) is 0 Å². The molecule has 2 aromatic carbocycles. The zero-order chi connectivity index (χ0) is 15.2. The summed E-state index contributed by atoms with van der Waals surface area (Å²) in [5, 5.41) is 2.85. The maximum atomic E-state index is 11.9. The van der Waals surface area contributed by atoms with E-state index in [1.807, 2.05) is 66.0 Å². The predicted octanol–water partition coefficient (Wildman–Crippen LogP) is 3.50. The smallest absolute Gasteiger partial charge is 0.244 e.